The van der Waals surface area contributed by atoms with E-state index < -0.39 is 0 Å². The monoisotopic (exact) mass is 359 g/mol. The Kier molecular flexibility index (Phi) is 6.60. The number of carbonyl (C=O) groups excluding carboxylic acids is 1. The molecule has 1 fully saturated rings. The highest BCUT2D eigenvalue weighted by Gasteiger charge is 2.25. The number of aromatic nitrogens is 2. The van der Waals surface area contributed by atoms with Crippen molar-refractivity contribution in [1.82, 2.24) is 25.1 Å². The molecule has 1 amide bonds. The molecule has 142 valence electrons. The molecular formula is C19H29N5O2. The number of fused-ring (bicyclic) bond motifs is 1. The summed E-state index contributed by atoms with van der Waals surface area (Å²) in [5.41, 5.74) is 2.10. The van der Waals surface area contributed by atoms with Gasteiger partial charge in [0, 0.05) is 46.4 Å². The molecule has 1 saturated heterocycles. The molecule has 0 spiro atoms. The minimum Gasteiger partial charge on any atom is -0.385 e. The Morgan fingerprint density at radius 3 is 2.81 bits per heavy atom. The number of carbonyl (C=O) groups is 1. The molecule has 3 rings (SSSR count). The number of imidazole rings is 1. The van der Waals surface area contributed by atoms with E-state index in [2.05, 4.69) is 31.2 Å². The zero-order chi connectivity index (χ0) is 18.4. The summed E-state index contributed by atoms with van der Waals surface area (Å²) >= 11 is 0. The summed E-state index contributed by atoms with van der Waals surface area (Å²) in [4.78, 5) is 24.9. The predicted octanol–water partition coefficient (Wildman–Crippen LogP) is 1.22. The van der Waals surface area contributed by atoms with Gasteiger partial charge in [-0.1, -0.05) is 12.1 Å². The van der Waals surface area contributed by atoms with Crippen LogP contribution in [0.25, 0.3) is 11.0 Å². The van der Waals surface area contributed by atoms with E-state index in [-0.39, 0.29) is 11.9 Å². The molecule has 7 heteroatoms. The van der Waals surface area contributed by atoms with E-state index in [1.165, 1.54) is 0 Å². The number of ether oxygens (including phenoxy) is 1. The quantitative estimate of drug-likeness (QED) is 0.694. The van der Waals surface area contributed by atoms with Gasteiger partial charge >= 0.3 is 0 Å². The second-order valence-electron chi connectivity index (χ2n) is 6.83. The zero-order valence-electron chi connectivity index (χ0n) is 15.7. The fraction of sp³-hybridized carbons (Fsp3) is 0.579. The van der Waals surface area contributed by atoms with Crippen LogP contribution < -0.4 is 5.32 Å². The van der Waals surface area contributed by atoms with Gasteiger partial charge < -0.3 is 15.0 Å². The van der Waals surface area contributed by atoms with Crippen LogP contribution in [0.1, 0.15) is 19.2 Å². The third-order valence-corrected chi connectivity index (χ3v) is 4.97. The lowest BCUT2D eigenvalue weighted by Gasteiger charge is -2.37. The summed E-state index contributed by atoms with van der Waals surface area (Å²) in [6, 6.07) is 8.01. The Balaban J connectivity index is 1.44. The Morgan fingerprint density at radius 1 is 1.31 bits per heavy atom. The maximum atomic E-state index is 12.3. The number of piperazine rings is 1. The average Bonchev–Trinajstić information content (AvgIpc) is 3.07. The van der Waals surface area contributed by atoms with Crippen LogP contribution in [-0.4, -0.2) is 78.2 Å². The largest absolute Gasteiger partial charge is 0.385 e. The molecule has 7 nitrogen and oxygen atoms in total. The van der Waals surface area contributed by atoms with Crippen LogP contribution >= 0.6 is 0 Å². The summed E-state index contributed by atoms with van der Waals surface area (Å²) in [5, 5.41) is 2.99. The molecule has 1 aromatic heterocycles. The van der Waals surface area contributed by atoms with Crippen molar-refractivity contribution in [3.63, 3.8) is 0 Å². The first kappa shape index (κ1) is 18.8. The number of amides is 1. The fourth-order valence-electron chi connectivity index (χ4n) is 3.34. The minimum absolute atomic E-state index is 0.0918. The molecule has 0 saturated carbocycles. The first-order chi connectivity index (χ1) is 12.7. The minimum atomic E-state index is -0.0918. The summed E-state index contributed by atoms with van der Waals surface area (Å²) in [6.45, 7) is 7.83. The second-order valence-corrected chi connectivity index (χ2v) is 6.83. The van der Waals surface area contributed by atoms with Crippen molar-refractivity contribution in [2.45, 2.75) is 25.9 Å². The van der Waals surface area contributed by atoms with Crippen molar-refractivity contribution in [3.05, 3.63) is 30.1 Å². The second kappa shape index (κ2) is 9.12. The number of rotatable bonds is 8. The molecule has 2 heterocycles. The van der Waals surface area contributed by atoms with Gasteiger partial charge in [-0.05, 0) is 25.5 Å². The Bertz CT molecular complexity index is 676. The third kappa shape index (κ3) is 4.81. The molecule has 0 radical (unpaired) electrons. The van der Waals surface area contributed by atoms with Crippen LogP contribution in [-0.2, 0) is 16.1 Å². The molecular weight excluding hydrogens is 330 g/mol. The maximum absolute atomic E-state index is 12.3. The van der Waals surface area contributed by atoms with E-state index in [9.17, 15) is 4.79 Å². The molecule has 2 N–H and O–H groups in total. The number of hydrogen-bond acceptors (Lipinski definition) is 5. The number of hydrogen-bond donors (Lipinski definition) is 2. The lowest BCUT2D eigenvalue weighted by molar-refractivity contribution is -0.126. The SMILES string of the molecule is COCCCNC(=O)[C@@H](C)N1CCN(Cc2nc3ccccc3[nH]2)CC1. The average molecular weight is 359 g/mol. The van der Waals surface area contributed by atoms with Crippen LogP contribution in [0, 0.1) is 0 Å². The number of nitrogens with zero attached hydrogens (tertiary/aromatic N) is 3. The topological polar surface area (TPSA) is 73.5 Å². The zero-order valence-corrected chi connectivity index (χ0v) is 15.7. The van der Waals surface area contributed by atoms with Crippen LogP contribution in [0.15, 0.2) is 24.3 Å². The molecule has 0 aliphatic carbocycles. The first-order valence-corrected chi connectivity index (χ1v) is 9.34. The molecule has 1 aliphatic rings. The number of para-hydroxylation sites is 2. The van der Waals surface area contributed by atoms with Gasteiger partial charge in [-0.15, -0.1) is 0 Å². The summed E-state index contributed by atoms with van der Waals surface area (Å²) < 4.78 is 5.01. The molecule has 26 heavy (non-hydrogen) atoms. The number of H-pyrrole nitrogens is 1. The van der Waals surface area contributed by atoms with E-state index in [1.54, 1.807) is 7.11 Å². The molecule has 1 atom stereocenters. The highest BCUT2D eigenvalue weighted by molar-refractivity contribution is 5.81. The van der Waals surface area contributed by atoms with Crippen LogP contribution in [0.2, 0.25) is 0 Å². The van der Waals surface area contributed by atoms with Gasteiger partial charge in [0.15, 0.2) is 0 Å². The first-order valence-electron chi connectivity index (χ1n) is 9.34. The number of nitrogens with one attached hydrogen (secondary N) is 2. The van der Waals surface area contributed by atoms with Gasteiger partial charge in [0.1, 0.15) is 5.82 Å². The van der Waals surface area contributed by atoms with Crippen molar-refractivity contribution in [3.8, 4) is 0 Å². The van der Waals surface area contributed by atoms with Crippen molar-refractivity contribution in [2.24, 2.45) is 0 Å². The molecule has 2 aromatic rings. The van der Waals surface area contributed by atoms with Gasteiger partial charge in [-0.2, -0.15) is 0 Å². The molecule has 1 aromatic carbocycles. The van der Waals surface area contributed by atoms with Gasteiger partial charge in [0.05, 0.1) is 23.6 Å². The molecule has 1 aliphatic heterocycles. The number of benzene rings is 1. The van der Waals surface area contributed by atoms with E-state index in [0.717, 1.165) is 56.0 Å². The predicted molar refractivity (Wildman–Crippen MR) is 102 cm³/mol. The Morgan fingerprint density at radius 2 is 2.08 bits per heavy atom. The van der Waals surface area contributed by atoms with E-state index in [4.69, 9.17) is 4.74 Å². The normalized spacial score (nSPS) is 17.5. The standard InChI is InChI=1S/C19H29N5O2/c1-15(19(25)20-8-5-13-26-2)24-11-9-23(10-12-24)14-18-21-16-6-3-4-7-17(16)22-18/h3-4,6-7,15H,5,8-14H2,1-2H3,(H,20,25)(H,21,22)/t15-/m1/s1. The van der Waals surface area contributed by atoms with Crippen molar-refractivity contribution >= 4 is 16.9 Å². The number of methoxy groups -OCH3 is 1. The van der Waals surface area contributed by atoms with Crippen LogP contribution in [0.4, 0.5) is 0 Å². The number of aromatic amines is 1. The Labute approximate surface area is 154 Å². The van der Waals surface area contributed by atoms with Crippen molar-refractivity contribution < 1.29 is 9.53 Å². The highest BCUT2D eigenvalue weighted by atomic mass is 16.5. The molecule has 0 bridgehead atoms. The summed E-state index contributed by atoms with van der Waals surface area (Å²) in [6.07, 6.45) is 0.847. The van der Waals surface area contributed by atoms with E-state index >= 15 is 0 Å². The van der Waals surface area contributed by atoms with E-state index in [1.807, 2.05) is 25.1 Å². The van der Waals surface area contributed by atoms with E-state index in [0.29, 0.717) is 13.2 Å². The molecule has 0 unspecified atom stereocenters. The Hall–Kier alpha value is -1.96. The summed E-state index contributed by atoms with van der Waals surface area (Å²) in [7, 11) is 1.68. The van der Waals surface area contributed by atoms with Gasteiger partial charge in [-0.25, -0.2) is 4.98 Å². The smallest absolute Gasteiger partial charge is 0.237 e. The van der Waals surface area contributed by atoms with Crippen molar-refractivity contribution in [1.29, 1.82) is 0 Å². The van der Waals surface area contributed by atoms with Gasteiger partial charge in [-0.3, -0.25) is 14.6 Å². The summed E-state index contributed by atoms with van der Waals surface area (Å²) in [5.74, 6) is 1.11. The highest BCUT2D eigenvalue weighted by Crippen LogP contribution is 2.13. The third-order valence-electron chi connectivity index (χ3n) is 4.97. The maximum Gasteiger partial charge on any atom is 0.237 e. The lowest BCUT2D eigenvalue weighted by atomic mass is 10.2. The van der Waals surface area contributed by atoms with Crippen LogP contribution in [0.3, 0.4) is 0 Å². The van der Waals surface area contributed by atoms with Gasteiger partial charge in [0.2, 0.25) is 5.91 Å². The lowest BCUT2D eigenvalue weighted by Crippen LogP contribution is -2.53. The van der Waals surface area contributed by atoms with Crippen molar-refractivity contribution in [2.75, 3.05) is 46.4 Å². The fourth-order valence-corrected chi connectivity index (χ4v) is 3.34. The van der Waals surface area contributed by atoms with Crippen LogP contribution in [0.5, 0.6) is 0 Å². The van der Waals surface area contributed by atoms with Gasteiger partial charge in [0.25, 0.3) is 0 Å².